The maximum atomic E-state index is 12.5. The molecule has 0 aromatic heterocycles. The summed E-state index contributed by atoms with van der Waals surface area (Å²) in [7, 11) is 0. The lowest BCUT2D eigenvalue weighted by Gasteiger charge is -2.26. The van der Waals surface area contributed by atoms with Crippen LogP contribution in [0.1, 0.15) is 81.0 Å². The summed E-state index contributed by atoms with van der Waals surface area (Å²) in [6.07, 6.45) is 11.9. The fourth-order valence-electron chi connectivity index (χ4n) is 4.05. The number of benzene rings is 1. The molecule has 0 heterocycles. The second kappa shape index (κ2) is 7.30. The Morgan fingerprint density at radius 3 is 2.55 bits per heavy atom. The monoisotopic (exact) mass is 299 g/mol. The Bertz CT molecular complexity index is 516. The normalized spacial score (nSPS) is 20.2. The molecule has 0 radical (unpaired) electrons. The molecule has 2 heteroatoms. The van der Waals surface area contributed by atoms with E-state index in [-0.39, 0.29) is 17.9 Å². The fraction of sp³-hybridized carbons (Fsp3) is 0.650. The van der Waals surface area contributed by atoms with E-state index >= 15 is 0 Å². The van der Waals surface area contributed by atoms with Crippen molar-refractivity contribution in [3.8, 4) is 0 Å². The molecule has 1 saturated carbocycles. The maximum absolute atomic E-state index is 12.5. The van der Waals surface area contributed by atoms with Crippen LogP contribution in [0.3, 0.4) is 0 Å². The van der Waals surface area contributed by atoms with Gasteiger partial charge in [0.05, 0.1) is 6.04 Å². The van der Waals surface area contributed by atoms with Crippen molar-refractivity contribution in [1.82, 2.24) is 5.32 Å². The molecule has 2 aliphatic rings. The summed E-state index contributed by atoms with van der Waals surface area (Å²) < 4.78 is 0. The Balaban J connectivity index is 1.69. The number of hydrogen-bond donors (Lipinski definition) is 1. The third-order valence-electron chi connectivity index (χ3n) is 5.48. The van der Waals surface area contributed by atoms with E-state index in [0.29, 0.717) is 0 Å². The van der Waals surface area contributed by atoms with Gasteiger partial charge in [0.25, 0.3) is 0 Å². The largest absolute Gasteiger partial charge is 0.349 e. The standard InChI is InChI=1S/C20H29NO/c1-2-19(21-20(22)16-9-4-3-5-10-16)18-13-12-15-8-6-7-11-17(15)14-18/h12-14,16,19H,2-11H2,1H3,(H,21,22)/t19-/m1/s1. The van der Waals surface area contributed by atoms with Crippen molar-refractivity contribution in [1.29, 1.82) is 0 Å². The zero-order valence-electron chi connectivity index (χ0n) is 13.9. The SMILES string of the molecule is CC[C@@H](NC(=O)C1CCCCC1)c1ccc2c(c1)CCCC2. The average Bonchev–Trinajstić information content (AvgIpc) is 2.59. The van der Waals surface area contributed by atoms with E-state index in [1.807, 2.05) is 0 Å². The molecule has 1 aromatic rings. The molecular formula is C20H29NO. The first-order valence-corrected chi connectivity index (χ1v) is 9.20. The van der Waals surface area contributed by atoms with Gasteiger partial charge in [0.2, 0.25) is 5.91 Å². The number of nitrogens with one attached hydrogen (secondary N) is 1. The van der Waals surface area contributed by atoms with E-state index in [2.05, 4.69) is 30.4 Å². The Kier molecular flexibility index (Phi) is 5.17. The van der Waals surface area contributed by atoms with Crippen molar-refractivity contribution in [2.75, 3.05) is 0 Å². The van der Waals surface area contributed by atoms with Crippen LogP contribution in [-0.2, 0) is 17.6 Å². The number of carbonyl (C=O) groups excluding carboxylic acids is 1. The molecule has 1 atom stereocenters. The van der Waals surface area contributed by atoms with E-state index in [1.165, 1.54) is 61.6 Å². The van der Waals surface area contributed by atoms with Crippen LogP contribution in [0, 0.1) is 5.92 Å². The second-order valence-electron chi connectivity index (χ2n) is 7.04. The summed E-state index contributed by atoms with van der Waals surface area (Å²) in [5, 5.41) is 3.32. The highest BCUT2D eigenvalue weighted by atomic mass is 16.1. The van der Waals surface area contributed by atoms with Crippen LogP contribution in [0.5, 0.6) is 0 Å². The highest BCUT2D eigenvalue weighted by Crippen LogP contribution is 2.28. The van der Waals surface area contributed by atoms with Crippen LogP contribution < -0.4 is 5.32 Å². The Labute approximate surface area is 134 Å². The number of fused-ring (bicyclic) bond motifs is 1. The van der Waals surface area contributed by atoms with Crippen LogP contribution in [0.25, 0.3) is 0 Å². The number of hydrogen-bond acceptors (Lipinski definition) is 1. The predicted molar refractivity (Wildman–Crippen MR) is 90.8 cm³/mol. The molecule has 1 aromatic carbocycles. The van der Waals surface area contributed by atoms with Gasteiger partial charge < -0.3 is 5.32 Å². The minimum Gasteiger partial charge on any atom is -0.349 e. The van der Waals surface area contributed by atoms with Crippen molar-refractivity contribution in [3.05, 3.63) is 34.9 Å². The zero-order chi connectivity index (χ0) is 15.4. The summed E-state index contributed by atoms with van der Waals surface area (Å²) in [4.78, 5) is 12.5. The van der Waals surface area contributed by atoms with Crippen molar-refractivity contribution in [3.63, 3.8) is 0 Å². The van der Waals surface area contributed by atoms with Gasteiger partial charge in [0, 0.05) is 5.92 Å². The Hall–Kier alpha value is -1.31. The lowest BCUT2D eigenvalue weighted by atomic mass is 9.87. The minimum absolute atomic E-state index is 0.182. The zero-order valence-corrected chi connectivity index (χ0v) is 13.9. The Morgan fingerprint density at radius 1 is 1.09 bits per heavy atom. The molecule has 0 unspecified atom stereocenters. The van der Waals surface area contributed by atoms with E-state index in [4.69, 9.17) is 0 Å². The van der Waals surface area contributed by atoms with Crippen LogP contribution in [0.4, 0.5) is 0 Å². The van der Waals surface area contributed by atoms with Crippen molar-refractivity contribution in [2.45, 2.75) is 77.2 Å². The van der Waals surface area contributed by atoms with E-state index in [1.54, 1.807) is 0 Å². The molecule has 2 aliphatic carbocycles. The highest BCUT2D eigenvalue weighted by molar-refractivity contribution is 5.79. The predicted octanol–water partition coefficient (Wildman–Crippen LogP) is 4.71. The molecule has 0 saturated heterocycles. The lowest BCUT2D eigenvalue weighted by molar-refractivity contribution is -0.126. The van der Waals surface area contributed by atoms with Gasteiger partial charge in [-0.3, -0.25) is 4.79 Å². The summed E-state index contributed by atoms with van der Waals surface area (Å²) in [6.45, 7) is 2.17. The summed E-state index contributed by atoms with van der Waals surface area (Å²) in [6, 6.07) is 7.06. The number of amides is 1. The van der Waals surface area contributed by atoms with Gasteiger partial charge in [0.1, 0.15) is 0 Å². The second-order valence-corrected chi connectivity index (χ2v) is 7.04. The lowest BCUT2D eigenvalue weighted by Crippen LogP contribution is -2.34. The molecule has 120 valence electrons. The molecule has 0 bridgehead atoms. The average molecular weight is 299 g/mol. The van der Waals surface area contributed by atoms with Gasteiger partial charge in [-0.1, -0.05) is 44.4 Å². The van der Waals surface area contributed by atoms with Gasteiger partial charge in [0.15, 0.2) is 0 Å². The first kappa shape index (κ1) is 15.6. The third kappa shape index (κ3) is 3.53. The molecule has 1 N–H and O–H groups in total. The van der Waals surface area contributed by atoms with E-state index in [9.17, 15) is 4.79 Å². The number of aryl methyl sites for hydroxylation is 2. The van der Waals surface area contributed by atoms with Gasteiger partial charge in [-0.05, 0) is 61.6 Å². The molecule has 3 rings (SSSR count). The number of carbonyl (C=O) groups is 1. The van der Waals surface area contributed by atoms with Crippen LogP contribution >= 0.6 is 0 Å². The highest BCUT2D eigenvalue weighted by Gasteiger charge is 2.23. The fourth-order valence-corrected chi connectivity index (χ4v) is 4.05. The molecule has 22 heavy (non-hydrogen) atoms. The van der Waals surface area contributed by atoms with Crippen LogP contribution in [-0.4, -0.2) is 5.91 Å². The van der Waals surface area contributed by atoms with Crippen molar-refractivity contribution < 1.29 is 4.79 Å². The van der Waals surface area contributed by atoms with Gasteiger partial charge in [-0.15, -0.1) is 0 Å². The Morgan fingerprint density at radius 2 is 1.82 bits per heavy atom. The first-order chi connectivity index (χ1) is 10.8. The molecule has 0 spiro atoms. The summed E-state index contributed by atoms with van der Waals surface area (Å²) in [5.41, 5.74) is 4.32. The van der Waals surface area contributed by atoms with Gasteiger partial charge in [-0.25, -0.2) is 0 Å². The number of rotatable bonds is 4. The molecular weight excluding hydrogens is 270 g/mol. The summed E-state index contributed by atoms with van der Waals surface area (Å²) >= 11 is 0. The molecule has 0 aliphatic heterocycles. The third-order valence-corrected chi connectivity index (χ3v) is 5.48. The van der Waals surface area contributed by atoms with Crippen LogP contribution in [0.2, 0.25) is 0 Å². The molecule has 1 fully saturated rings. The quantitative estimate of drug-likeness (QED) is 0.857. The van der Waals surface area contributed by atoms with Gasteiger partial charge in [-0.2, -0.15) is 0 Å². The van der Waals surface area contributed by atoms with Crippen molar-refractivity contribution >= 4 is 5.91 Å². The topological polar surface area (TPSA) is 29.1 Å². The van der Waals surface area contributed by atoms with E-state index in [0.717, 1.165) is 19.3 Å². The first-order valence-electron chi connectivity index (χ1n) is 9.20. The minimum atomic E-state index is 0.182. The van der Waals surface area contributed by atoms with E-state index < -0.39 is 0 Å². The van der Waals surface area contributed by atoms with Crippen molar-refractivity contribution in [2.24, 2.45) is 5.92 Å². The molecule has 2 nitrogen and oxygen atoms in total. The smallest absolute Gasteiger partial charge is 0.223 e. The van der Waals surface area contributed by atoms with Crippen LogP contribution in [0.15, 0.2) is 18.2 Å². The maximum Gasteiger partial charge on any atom is 0.223 e. The van der Waals surface area contributed by atoms with Gasteiger partial charge >= 0.3 is 0 Å². The molecule has 1 amide bonds. The summed E-state index contributed by atoms with van der Waals surface area (Å²) in [5.74, 6) is 0.532.